The molecule has 0 radical (unpaired) electrons. The summed E-state index contributed by atoms with van der Waals surface area (Å²) >= 11 is 1.75. The molecule has 20 heavy (non-hydrogen) atoms. The van der Waals surface area contributed by atoms with Crippen LogP contribution in [0.1, 0.15) is 30.0 Å². The first kappa shape index (κ1) is 13.4. The summed E-state index contributed by atoms with van der Waals surface area (Å²) in [5.74, 6) is 0.357. The molecule has 104 valence electrons. The maximum absolute atomic E-state index is 9.72. The van der Waals surface area contributed by atoms with Crippen LogP contribution < -0.4 is 5.32 Å². The Bertz CT molecular complexity index is 612. The van der Waals surface area contributed by atoms with Gasteiger partial charge in [0.2, 0.25) is 0 Å². The molecule has 0 heterocycles. The predicted octanol–water partition coefficient (Wildman–Crippen LogP) is 4.60. The van der Waals surface area contributed by atoms with Crippen LogP contribution in [0.25, 0.3) is 0 Å². The van der Waals surface area contributed by atoms with E-state index >= 15 is 0 Å². The molecular weight excluding hydrogens is 266 g/mol. The van der Waals surface area contributed by atoms with E-state index in [-0.39, 0.29) is 0 Å². The molecule has 0 amide bonds. The van der Waals surface area contributed by atoms with Gasteiger partial charge < -0.3 is 10.4 Å². The van der Waals surface area contributed by atoms with Gasteiger partial charge >= 0.3 is 0 Å². The molecule has 0 fully saturated rings. The second kappa shape index (κ2) is 5.80. The van der Waals surface area contributed by atoms with E-state index in [2.05, 4.69) is 41.9 Å². The van der Waals surface area contributed by atoms with E-state index in [1.54, 1.807) is 17.8 Å². The van der Waals surface area contributed by atoms with Crippen LogP contribution in [-0.4, -0.2) is 11.4 Å². The summed E-state index contributed by atoms with van der Waals surface area (Å²) in [6.07, 6.45) is 5.50. The lowest BCUT2D eigenvalue weighted by Gasteiger charge is -2.27. The smallest absolute Gasteiger partial charge is 0.115 e. The lowest BCUT2D eigenvalue weighted by Crippen LogP contribution is -2.17. The fourth-order valence-electron chi connectivity index (χ4n) is 2.85. The molecule has 1 atom stereocenters. The molecule has 0 aromatic heterocycles. The van der Waals surface area contributed by atoms with Gasteiger partial charge in [-0.3, -0.25) is 0 Å². The molecule has 1 aliphatic rings. The van der Waals surface area contributed by atoms with Gasteiger partial charge in [-0.15, -0.1) is 11.8 Å². The minimum absolute atomic E-state index is 0.294. The summed E-state index contributed by atoms with van der Waals surface area (Å²) in [5, 5.41) is 13.3. The van der Waals surface area contributed by atoms with Crippen molar-refractivity contribution in [3.8, 4) is 5.75 Å². The molecule has 0 aliphatic heterocycles. The lowest BCUT2D eigenvalue weighted by atomic mass is 9.87. The molecule has 2 aromatic carbocycles. The molecule has 2 nitrogen and oxygen atoms in total. The molecule has 3 heteroatoms. The van der Waals surface area contributed by atoms with Crippen LogP contribution in [0.3, 0.4) is 0 Å². The van der Waals surface area contributed by atoms with Crippen molar-refractivity contribution in [2.24, 2.45) is 0 Å². The SMILES string of the molecule is CSc1cccc(NC2CCCc3ccc(O)cc32)c1. The molecule has 0 spiro atoms. The van der Waals surface area contributed by atoms with Crippen LogP contribution in [0.2, 0.25) is 0 Å². The summed E-state index contributed by atoms with van der Waals surface area (Å²) in [4.78, 5) is 1.27. The van der Waals surface area contributed by atoms with Gasteiger partial charge in [0.15, 0.2) is 0 Å². The quantitative estimate of drug-likeness (QED) is 0.808. The highest BCUT2D eigenvalue weighted by molar-refractivity contribution is 7.98. The second-order valence-electron chi connectivity index (χ2n) is 5.20. The second-order valence-corrected chi connectivity index (χ2v) is 6.08. The molecule has 1 unspecified atom stereocenters. The molecule has 2 N–H and O–H groups in total. The summed E-state index contributed by atoms with van der Waals surface area (Å²) in [5.41, 5.74) is 3.75. The number of rotatable bonds is 3. The normalized spacial score (nSPS) is 17.6. The number of hydrogen-bond donors (Lipinski definition) is 2. The minimum atomic E-state index is 0.294. The summed E-state index contributed by atoms with van der Waals surface area (Å²) in [6, 6.07) is 14.5. The maximum atomic E-state index is 9.72. The number of phenolic OH excluding ortho intramolecular Hbond substituents is 1. The lowest BCUT2D eigenvalue weighted by molar-refractivity contribution is 0.471. The Labute approximate surface area is 124 Å². The van der Waals surface area contributed by atoms with E-state index in [1.165, 1.54) is 22.4 Å². The molecule has 3 rings (SSSR count). The van der Waals surface area contributed by atoms with Gasteiger partial charge in [-0.1, -0.05) is 12.1 Å². The number of aryl methyl sites for hydroxylation is 1. The Morgan fingerprint density at radius 1 is 1.20 bits per heavy atom. The number of aromatic hydroxyl groups is 1. The van der Waals surface area contributed by atoms with Crippen molar-refractivity contribution in [2.45, 2.75) is 30.2 Å². The predicted molar refractivity (Wildman–Crippen MR) is 85.6 cm³/mol. The van der Waals surface area contributed by atoms with Gasteiger partial charge in [-0.2, -0.15) is 0 Å². The van der Waals surface area contributed by atoms with Crippen molar-refractivity contribution in [1.82, 2.24) is 0 Å². The number of benzene rings is 2. The van der Waals surface area contributed by atoms with Crippen molar-refractivity contribution >= 4 is 17.4 Å². The Morgan fingerprint density at radius 3 is 2.95 bits per heavy atom. The zero-order chi connectivity index (χ0) is 13.9. The fourth-order valence-corrected chi connectivity index (χ4v) is 3.31. The Kier molecular flexibility index (Phi) is 3.88. The van der Waals surface area contributed by atoms with Gasteiger partial charge in [0.25, 0.3) is 0 Å². The zero-order valence-electron chi connectivity index (χ0n) is 11.6. The van der Waals surface area contributed by atoms with Crippen molar-refractivity contribution in [3.05, 3.63) is 53.6 Å². The van der Waals surface area contributed by atoms with E-state index in [4.69, 9.17) is 0 Å². The summed E-state index contributed by atoms with van der Waals surface area (Å²) < 4.78 is 0. The average molecular weight is 285 g/mol. The summed E-state index contributed by atoms with van der Waals surface area (Å²) in [7, 11) is 0. The van der Waals surface area contributed by atoms with Crippen molar-refractivity contribution in [2.75, 3.05) is 11.6 Å². The number of fused-ring (bicyclic) bond motifs is 1. The van der Waals surface area contributed by atoms with Gasteiger partial charge in [-0.25, -0.2) is 0 Å². The molecule has 0 bridgehead atoms. The van der Waals surface area contributed by atoms with Gasteiger partial charge in [0.05, 0.1) is 6.04 Å². The van der Waals surface area contributed by atoms with Crippen molar-refractivity contribution in [3.63, 3.8) is 0 Å². The first-order valence-electron chi connectivity index (χ1n) is 6.98. The van der Waals surface area contributed by atoms with Crippen LogP contribution in [0.5, 0.6) is 5.75 Å². The van der Waals surface area contributed by atoms with Gasteiger partial charge in [0, 0.05) is 10.6 Å². The summed E-state index contributed by atoms with van der Waals surface area (Å²) in [6.45, 7) is 0. The third-order valence-electron chi connectivity index (χ3n) is 3.85. The van der Waals surface area contributed by atoms with E-state index < -0.39 is 0 Å². The van der Waals surface area contributed by atoms with Crippen LogP contribution in [0, 0.1) is 0 Å². The average Bonchev–Trinajstić information content (AvgIpc) is 2.48. The standard InChI is InChI=1S/C17H19NOS/c1-20-15-6-3-5-13(10-15)18-17-7-2-4-12-8-9-14(19)11-16(12)17/h3,5-6,8-11,17-19H,2,4,7H2,1H3. The Morgan fingerprint density at radius 2 is 2.10 bits per heavy atom. The molecular formula is C17H19NOS. The highest BCUT2D eigenvalue weighted by Crippen LogP contribution is 2.35. The number of anilines is 1. The van der Waals surface area contributed by atoms with E-state index in [1.807, 2.05) is 6.07 Å². The van der Waals surface area contributed by atoms with Crippen LogP contribution in [-0.2, 0) is 6.42 Å². The molecule has 1 aliphatic carbocycles. The topological polar surface area (TPSA) is 32.3 Å². The first-order chi connectivity index (χ1) is 9.76. The van der Waals surface area contributed by atoms with E-state index in [0.29, 0.717) is 11.8 Å². The van der Waals surface area contributed by atoms with Crippen molar-refractivity contribution in [1.29, 1.82) is 0 Å². The van der Waals surface area contributed by atoms with Crippen LogP contribution >= 0.6 is 11.8 Å². The first-order valence-corrected chi connectivity index (χ1v) is 8.21. The van der Waals surface area contributed by atoms with Gasteiger partial charge in [-0.05, 0) is 67.0 Å². The minimum Gasteiger partial charge on any atom is -0.508 e. The molecule has 0 saturated heterocycles. The maximum Gasteiger partial charge on any atom is 0.115 e. The van der Waals surface area contributed by atoms with Gasteiger partial charge in [0.1, 0.15) is 5.75 Å². The number of hydrogen-bond acceptors (Lipinski definition) is 3. The zero-order valence-corrected chi connectivity index (χ0v) is 12.4. The molecule has 0 saturated carbocycles. The molecule has 2 aromatic rings. The monoisotopic (exact) mass is 285 g/mol. The van der Waals surface area contributed by atoms with E-state index in [9.17, 15) is 5.11 Å². The van der Waals surface area contributed by atoms with Crippen LogP contribution in [0.4, 0.5) is 5.69 Å². The number of thioether (sulfide) groups is 1. The fraction of sp³-hybridized carbons (Fsp3) is 0.294. The third-order valence-corrected chi connectivity index (χ3v) is 4.58. The Hall–Kier alpha value is -1.61. The third kappa shape index (κ3) is 2.78. The highest BCUT2D eigenvalue weighted by atomic mass is 32.2. The van der Waals surface area contributed by atoms with Crippen LogP contribution in [0.15, 0.2) is 47.4 Å². The van der Waals surface area contributed by atoms with Crippen molar-refractivity contribution < 1.29 is 5.11 Å². The highest BCUT2D eigenvalue weighted by Gasteiger charge is 2.20. The number of phenols is 1. The largest absolute Gasteiger partial charge is 0.508 e. The number of nitrogens with one attached hydrogen (secondary N) is 1. The Balaban J connectivity index is 1.87. The van der Waals surface area contributed by atoms with E-state index in [0.717, 1.165) is 18.5 Å².